The average Bonchev–Trinajstić information content (AvgIpc) is 3.04. The van der Waals surface area contributed by atoms with E-state index in [1.54, 1.807) is 30.3 Å². The van der Waals surface area contributed by atoms with E-state index in [2.05, 4.69) is 5.32 Å². The van der Waals surface area contributed by atoms with Gasteiger partial charge in [0, 0.05) is 36.8 Å². The highest BCUT2D eigenvalue weighted by Gasteiger charge is 2.37. The van der Waals surface area contributed by atoms with Crippen molar-refractivity contribution in [2.45, 2.75) is 51.7 Å². The monoisotopic (exact) mass is 378 g/mol. The zero-order chi connectivity index (χ0) is 19.3. The first-order valence-corrected chi connectivity index (χ1v) is 9.23. The first-order valence-electron chi connectivity index (χ1n) is 8.86. The lowest BCUT2D eigenvalue weighted by Crippen LogP contribution is -2.44. The Morgan fingerprint density at radius 3 is 2.54 bits per heavy atom. The molecule has 0 saturated carbocycles. The number of halogens is 1. The molecule has 1 amide bonds. The molecule has 0 aromatic heterocycles. The van der Waals surface area contributed by atoms with Crippen LogP contribution >= 0.6 is 11.6 Å². The number of Topliss-reactive ketones (excluding diaryl/α,β-unsaturated/α-hetero) is 1. The van der Waals surface area contributed by atoms with Crippen molar-refractivity contribution in [3.8, 4) is 0 Å². The topological polar surface area (TPSA) is 58.6 Å². The minimum atomic E-state index is -0.583. The van der Waals surface area contributed by atoms with Crippen molar-refractivity contribution >= 4 is 23.5 Å². The number of rotatable bonds is 5. The van der Waals surface area contributed by atoms with Crippen LogP contribution in [-0.4, -0.2) is 42.0 Å². The van der Waals surface area contributed by atoms with Gasteiger partial charge in [-0.15, -0.1) is 0 Å². The molecule has 142 valence electrons. The standard InChI is InChI=1S/C20H27ClN2O3/c1-20(2,3)26-19(25)23-11-5-6-17(23)18(24)15(13-22-4)12-14-7-9-16(21)10-8-14/h7-10,13,17,22H,5-6,11-12H2,1-4H3/b15-13+. The molecule has 0 aliphatic carbocycles. The van der Waals surface area contributed by atoms with E-state index in [0.29, 0.717) is 30.0 Å². The van der Waals surface area contributed by atoms with Crippen LogP contribution in [-0.2, 0) is 16.0 Å². The van der Waals surface area contributed by atoms with Gasteiger partial charge in [0.2, 0.25) is 0 Å². The SMILES string of the molecule is CN/C=C(\Cc1ccc(Cl)cc1)C(=O)C1CCCN1C(=O)OC(C)(C)C. The van der Waals surface area contributed by atoms with Crippen molar-refractivity contribution < 1.29 is 14.3 Å². The number of carbonyl (C=O) groups excluding carboxylic acids is 2. The number of ether oxygens (including phenoxy) is 1. The van der Waals surface area contributed by atoms with Gasteiger partial charge in [-0.1, -0.05) is 23.7 Å². The molecule has 1 aromatic carbocycles. The number of hydrogen-bond donors (Lipinski definition) is 1. The molecular formula is C20H27ClN2O3. The van der Waals surface area contributed by atoms with Crippen LogP contribution in [0.3, 0.4) is 0 Å². The number of nitrogens with zero attached hydrogens (tertiary/aromatic N) is 1. The number of benzene rings is 1. The Kier molecular flexibility index (Phi) is 6.70. The van der Waals surface area contributed by atoms with Crippen LogP contribution in [0.15, 0.2) is 36.0 Å². The normalized spacial score (nSPS) is 18.0. The highest BCUT2D eigenvalue weighted by molar-refractivity contribution is 6.30. The molecule has 1 unspecified atom stereocenters. The smallest absolute Gasteiger partial charge is 0.410 e. The summed E-state index contributed by atoms with van der Waals surface area (Å²) in [5.41, 5.74) is 1.04. The van der Waals surface area contributed by atoms with Gasteiger partial charge in [0.15, 0.2) is 5.78 Å². The summed E-state index contributed by atoms with van der Waals surface area (Å²) in [5, 5.41) is 3.60. The van der Waals surface area contributed by atoms with Crippen molar-refractivity contribution in [3.05, 3.63) is 46.6 Å². The highest BCUT2D eigenvalue weighted by Crippen LogP contribution is 2.25. The van der Waals surface area contributed by atoms with E-state index in [1.165, 1.54) is 0 Å². The van der Waals surface area contributed by atoms with E-state index in [-0.39, 0.29) is 5.78 Å². The maximum atomic E-state index is 13.1. The van der Waals surface area contributed by atoms with Crippen LogP contribution in [0.2, 0.25) is 5.02 Å². The Labute approximate surface area is 160 Å². The summed E-state index contributed by atoms with van der Waals surface area (Å²) in [7, 11) is 1.76. The van der Waals surface area contributed by atoms with Gasteiger partial charge < -0.3 is 10.1 Å². The number of hydrogen-bond acceptors (Lipinski definition) is 4. The van der Waals surface area contributed by atoms with Crippen molar-refractivity contribution in [2.24, 2.45) is 0 Å². The summed E-state index contributed by atoms with van der Waals surface area (Å²) in [4.78, 5) is 27.1. The minimum Gasteiger partial charge on any atom is -0.444 e. The Morgan fingerprint density at radius 2 is 1.96 bits per heavy atom. The summed E-state index contributed by atoms with van der Waals surface area (Å²) in [5.74, 6) is -0.0438. The second-order valence-corrected chi connectivity index (χ2v) is 7.89. The third-order valence-corrected chi connectivity index (χ3v) is 4.38. The van der Waals surface area contributed by atoms with Crippen LogP contribution in [0.1, 0.15) is 39.2 Å². The highest BCUT2D eigenvalue weighted by atomic mass is 35.5. The van der Waals surface area contributed by atoms with Gasteiger partial charge in [0.25, 0.3) is 0 Å². The lowest BCUT2D eigenvalue weighted by molar-refractivity contribution is -0.119. The molecule has 6 heteroatoms. The fourth-order valence-electron chi connectivity index (χ4n) is 3.00. The zero-order valence-electron chi connectivity index (χ0n) is 15.8. The number of amides is 1. The van der Waals surface area contributed by atoms with E-state index >= 15 is 0 Å². The molecule has 1 heterocycles. The second-order valence-electron chi connectivity index (χ2n) is 7.46. The number of carbonyl (C=O) groups is 2. The maximum absolute atomic E-state index is 13.1. The number of likely N-dealkylation sites (tertiary alicyclic amines) is 1. The predicted octanol–water partition coefficient (Wildman–Crippen LogP) is 3.95. The molecule has 0 spiro atoms. The Bertz CT molecular complexity index is 677. The maximum Gasteiger partial charge on any atom is 0.410 e. The molecule has 26 heavy (non-hydrogen) atoms. The fourth-order valence-corrected chi connectivity index (χ4v) is 3.12. The van der Waals surface area contributed by atoms with Crippen LogP contribution < -0.4 is 5.32 Å². The van der Waals surface area contributed by atoms with Gasteiger partial charge >= 0.3 is 6.09 Å². The molecule has 5 nitrogen and oxygen atoms in total. The minimum absolute atomic E-state index is 0.0438. The zero-order valence-corrected chi connectivity index (χ0v) is 16.6. The average molecular weight is 379 g/mol. The van der Waals surface area contributed by atoms with Crippen molar-refractivity contribution in [1.29, 1.82) is 0 Å². The second kappa shape index (κ2) is 8.58. The van der Waals surface area contributed by atoms with Crippen molar-refractivity contribution in [2.75, 3.05) is 13.6 Å². The Hall–Kier alpha value is -2.01. The fraction of sp³-hybridized carbons (Fsp3) is 0.500. The molecule has 1 saturated heterocycles. The largest absolute Gasteiger partial charge is 0.444 e. The molecule has 0 radical (unpaired) electrons. The first kappa shape index (κ1) is 20.3. The van der Waals surface area contributed by atoms with Crippen LogP contribution in [0.25, 0.3) is 0 Å². The summed E-state index contributed by atoms with van der Waals surface area (Å²) in [6.07, 6.45) is 3.21. The molecule has 1 N–H and O–H groups in total. The van der Waals surface area contributed by atoms with Gasteiger partial charge in [0.05, 0.1) is 6.04 Å². The summed E-state index contributed by atoms with van der Waals surface area (Å²) >= 11 is 5.93. The molecular weight excluding hydrogens is 352 g/mol. The van der Waals surface area contributed by atoms with E-state index in [4.69, 9.17) is 16.3 Å². The van der Waals surface area contributed by atoms with Gasteiger partial charge in [-0.05, 0) is 51.3 Å². The molecule has 1 atom stereocenters. The molecule has 1 aliphatic rings. The molecule has 2 rings (SSSR count). The van der Waals surface area contributed by atoms with E-state index in [9.17, 15) is 9.59 Å². The van der Waals surface area contributed by atoms with Crippen LogP contribution in [0.4, 0.5) is 4.79 Å². The van der Waals surface area contributed by atoms with Gasteiger partial charge in [0.1, 0.15) is 5.60 Å². The Morgan fingerprint density at radius 1 is 1.31 bits per heavy atom. The van der Waals surface area contributed by atoms with Gasteiger partial charge in [-0.3, -0.25) is 9.69 Å². The predicted molar refractivity (Wildman–Crippen MR) is 103 cm³/mol. The first-order chi connectivity index (χ1) is 12.2. The lowest BCUT2D eigenvalue weighted by atomic mass is 9.97. The third kappa shape index (κ3) is 5.49. The number of nitrogens with one attached hydrogen (secondary N) is 1. The third-order valence-electron chi connectivity index (χ3n) is 4.13. The lowest BCUT2D eigenvalue weighted by Gasteiger charge is -2.28. The van der Waals surface area contributed by atoms with Gasteiger partial charge in [-0.2, -0.15) is 0 Å². The van der Waals surface area contributed by atoms with Gasteiger partial charge in [-0.25, -0.2) is 4.79 Å². The molecule has 1 aliphatic heterocycles. The van der Waals surface area contributed by atoms with Crippen molar-refractivity contribution in [1.82, 2.24) is 10.2 Å². The summed E-state index contributed by atoms with van der Waals surface area (Å²) in [6, 6.07) is 6.94. The molecule has 1 aromatic rings. The Balaban J connectivity index is 2.15. The van der Waals surface area contributed by atoms with Crippen molar-refractivity contribution in [3.63, 3.8) is 0 Å². The summed E-state index contributed by atoms with van der Waals surface area (Å²) in [6.45, 7) is 6.01. The van der Waals surface area contributed by atoms with E-state index in [1.807, 2.05) is 32.9 Å². The van der Waals surface area contributed by atoms with Crippen LogP contribution in [0.5, 0.6) is 0 Å². The van der Waals surface area contributed by atoms with E-state index < -0.39 is 17.7 Å². The quantitative estimate of drug-likeness (QED) is 0.788. The number of ketones is 1. The summed E-state index contributed by atoms with van der Waals surface area (Å²) < 4.78 is 5.46. The molecule has 1 fully saturated rings. The molecule has 0 bridgehead atoms. The van der Waals surface area contributed by atoms with E-state index in [0.717, 1.165) is 12.0 Å². The van der Waals surface area contributed by atoms with Crippen LogP contribution in [0, 0.1) is 0 Å².